The van der Waals surface area contributed by atoms with Crippen molar-refractivity contribution in [1.29, 1.82) is 0 Å². The fourth-order valence-corrected chi connectivity index (χ4v) is 4.41. The molecule has 1 aliphatic rings. The smallest absolute Gasteiger partial charge is 0.259 e. The number of carbonyl (C=O) groups is 1. The van der Waals surface area contributed by atoms with Gasteiger partial charge in [-0.3, -0.25) is 4.79 Å². The second-order valence-electron chi connectivity index (χ2n) is 6.99. The second kappa shape index (κ2) is 7.93. The van der Waals surface area contributed by atoms with Crippen molar-refractivity contribution in [2.24, 2.45) is 0 Å². The van der Waals surface area contributed by atoms with Gasteiger partial charge in [0.15, 0.2) is 5.13 Å². The van der Waals surface area contributed by atoms with E-state index in [0.717, 1.165) is 23.8 Å². The molecule has 0 radical (unpaired) electrons. The van der Waals surface area contributed by atoms with Gasteiger partial charge in [-0.05, 0) is 19.4 Å². The van der Waals surface area contributed by atoms with Crippen LogP contribution in [0.5, 0.6) is 0 Å². The third kappa shape index (κ3) is 3.77. The van der Waals surface area contributed by atoms with Crippen LogP contribution in [-0.4, -0.2) is 51.8 Å². The van der Waals surface area contributed by atoms with E-state index in [-0.39, 0.29) is 5.91 Å². The zero-order valence-corrected chi connectivity index (χ0v) is 17.5. The van der Waals surface area contributed by atoms with E-state index >= 15 is 0 Å². The van der Waals surface area contributed by atoms with Gasteiger partial charge < -0.3 is 9.80 Å². The van der Waals surface area contributed by atoms with E-state index < -0.39 is 0 Å². The Morgan fingerprint density at radius 2 is 1.86 bits per heavy atom. The Hall–Kier alpha value is -2.38. The summed E-state index contributed by atoms with van der Waals surface area (Å²) in [6.45, 7) is 7.29. The molecule has 2 aromatic heterocycles. The number of aromatic nitrogens is 3. The van der Waals surface area contributed by atoms with Gasteiger partial charge in [0, 0.05) is 37.8 Å². The van der Waals surface area contributed by atoms with Gasteiger partial charge in [0.05, 0.1) is 17.8 Å². The molecule has 146 valence electrons. The van der Waals surface area contributed by atoms with Crippen molar-refractivity contribution in [3.8, 4) is 0 Å². The number of benzene rings is 1. The Kier molecular flexibility index (Phi) is 5.37. The van der Waals surface area contributed by atoms with E-state index in [1.807, 2.05) is 23.4 Å². The number of rotatable bonds is 4. The molecule has 1 amide bonds. The number of thiazole rings is 1. The first kappa shape index (κ1) is 19.0. The van der Waals surface area contributed by atoms with Crippen LogP contribution >= 0.6 is 22.9 Å². The minimum absolute atomic E-state index is 0.0450. The topological polar surface area (TPSA) is 54.3 Å². The number of carbonyl (C=O) groups excluding carboxylic acids is 1. The summed E-state index contributed by atoms with van der Waals surface area (Å²) in [5.74, 6) is -0.0450. The van der Waals surface area contributed by atoms with Gasteiger partial charge in [0.1, 0.15) is 5.15 Å². The predicted molar refractivity (Wildman–Crippen MR) is 112 cm³/mol. The molecule has 4 rings (SSSR count). The molecule has 1 aliphatic heterocycles. The standard InChI is InChI=1S/C20H22ClN5OS/c1-14-3-5-16(6-4-14)13-26-18(21)17(15(2)23-26)19(27)24-8-10-25(11-9-24)20-22-7-12-28-20/h3-7,12H,8-11,13H2,1-2H3. The predicted octanol–water partition coefficient (Wildman–Crippen LogP) is 3.62. The minimum Gasteiger partial charge on any atom is -0.345 e. The number of piperazine rings is 1. The minimum atomic E-state index is -0.0450. The molecule has 0 atom stereocenters. The van der Waals surface area contributed by atoms with Gasteiger partial charge in [-0.25, -0.2) is 9.67 Å². The van der Waals surface area contributed by atoms with Gasteiger partial charge in [-0.15, -0.1) is 11.3 Å². The Balaban J connectivity index is 1.47. The van der Waals surface area contributed by atoms with Gasteiger partial charge in [0.2, 0.25) is 0 Å². The molecule has 0 N–H and O–H groups in total. The van der Waals surface area contributed by atoms with Crippen molar-refractivity contribution in [3.05, 3.63) is 63.4 Å². The maximum atomic E-state index is 13.1. The van der Waals surface area contributed by atoms with Crippen LogP contribution in [-0.2, 0) is 6.54 Å². The van der Waals surface area contributed by atoms with Crippen molar-refractivity contribution in [2.75, 3.05) is 31.1 Å². The highest BCUT2D eigenvalue weighted by Crippen LogP contribution is 2.25. The summed E-state index contributed by atoms with van der Waals surface area (Å²) in [6, 6.07) is 8.24. The van der Waals surface area contributed by atoms with E-state index in [9.17, 15) is 4.79 Å². The molecular formula is C20H22ClN5OS. The number of halogens is 1. The lowest BCUT2D eigenvalue weighted by molar-refractivity contribution is 0.0746. The van der Waals surface area contributed by atoms with E-state index in [2.05, 4.69) is 46.2 Å². The van der Waals surface area contributed by atoms with Crippen LogP contribution in [0.15, 0.2) is 35.8 Å². The van der Waals surface area contributed by atoms with Gasteiger partial charge in [0.25, 0.3) is 5.91 Å². The van der Waals surface area contributed by atoms with Crippen LogP contribution in [0.2, 0.25) is 5.15 Å². The SMILES string of the molecule is Cc1ccc(Cn2nc(C)c(C(=O)N3CCN(c4nccs4)CC3)c2Cl)cc1. The monoisotopic (exact) mass is 415 g/mol. The van der Waals surface area contributed by atoms with Crippen molar-refractivity contribution in [1.82, 2.24) is 19.7 Å². The van der Waals surface area contributed by atoms with E-state index in [1.165, 1.54) is 5.56 Å². The number of amides is 1. The van der Waals surface area contributed by atoms with Gasteiger partial charge in [-0.2, -0.15) is 5.10 Å². The van der Waals surface area contributed by atoms with Crippen LogP contribution in [0, 0.1) is 13.8 Å². The third-order valence-corrected chi connectivity index (χ3v) is 6.21. The zero-order valence-electron chi connectivity index (χ0n) is 15.9. The van der Waals surface area contributed by atoms with Crippen molar-refractivity contribution < 1.29 is 4.79 Å². The summed E-state index contributed by atoms with van der Waals surface area (Å²) in [5.41, 5.74) is 3.49. The molecule has 0 aliphatic carbocycles. The molecule has 0 spiro atoms. The third-order valence-electron chi connectivity index (χ3n) is 4.99. The average Bonchev–Trinajstić information content (AvgIpc) is 3.32. The van der Waals surface area contributed by atoms with E-state index in [4.69, 9.17) is 11.6 Å². The van der Waals surface area contributed by atoms with Crippen LogP contribution in [0.1, 0.15) is 27.2 Å². The van der Waals surface area contributed by atoms with Gasteiger partial charge >= 0.3 is 0 Å². The summed E-state index contributed by atoms with van der Waals surface area (Å²) >= 11 is 8.19. The highest BCUT2D eigenvalue weighted by Gasteiger charge is 2.28. The molecule has 1 aromatic carbocycles. The fourth-order valence-electron chi connectivity index (χ4n) is 3.40. The number of anilines is 1. The fraction of sp³-hybridized carbons (Fsp3) is 0.350. The molecule has 0 bridgehead atoms. The van der Waals surface area contributed by atoms with Crippen LogP contribution < -0.4 is 4.90 Å². The lowest BCUT2D eigenvalue weighted by Gasteiger charge is -2.34. The maximum absolute atomic E-state index is 13.1. The van der Waals surface area contributed by atoms with Crippen LogP contribution in [0.4, 0.5) is 5.13 Å². The molecule has 3 heterocycles. The molecular weight excluding hydrogens is 394 g/mol. The Bertz CT molecular complexity index is 959. The largest absolute Gasteiger partial charge is 0.345 e. The van der Waals surface area contributed by atoms with Crippen molar-refractivity contribution in [3.63, 3.8) is 0 Å². The van der Waals surface area contributed by atoms with Crippen LogP contribution in [0.25, 0.3) is 0 Å². The molecule has 0 saturated carbocycles. The maximum Gasteiger partial charge on any atom is 0.259 e. The van der Waals surface area contributed by atoms with E-state index in [1.54, 1.807) is 16.0 Å². The second-order valence-corrected chi connectivity index (χ2v) is 8.22. The number of nitrogens with zero attached hydrogens (tertiary/aromatic N) is 5. The summed E-state index contributed by atoms with van der Waals surface area (Å²) in [7, 11) is 0. The first-order valence-corrected chi connectivity index (χ1v) is 10.5. The first-order valence-electron chi connectivity index (χ1n) is 9.25. The summed E-state index contributed by atoms with van der Waals surface area (Å²) in [4.78, 5) is 21.5. The van der Waals surface area contributed by atoms with Crippen molar-refractivity contribution >= 4 is 34.0 Å². The summed E-state index contributed by atoms with van der Waals surface area (Å²) in [6.07, 6.45) is 1.81. The normalized spacial score (nSPS) is 14.5. The summed E-state index contributed by atoms with van der Waals surface area (Å²) in [5, 5.41) is 7.90. The Morgan fingerprint density at radius 1 is 1.14 bits per heavy atom. The Labute approximate surface area is 173 Å². The molecule has 6 nitrogen and oxygen atoms in total. The van der Waals surface area contributed by atoms with Crippen molar-refractivity contribution in [2.45, 2.75) is 20.4 Å². The lowest BCUT2D eigenvalue weighted by atomic mass is 10.1. The lowest BCUT2D eigenvalue weighted by Crippen LogP contribution is -2.48. The summed E-state index contributed by atoms with van der Waals surface area (Å²) < 4.78 is 1.71. The molecule has 1 fully saturated rings. The highest BCUT2D eigenvalue weighted by atomic mass is 35.5. The quantitative estimate of drug-likeness (QED) is 0.653. The molecule has 0 unspecified atom stereocenters. The highest BCUT2D eigenvalue weighted by molar-refractivity contribution is 7.13. The Morgan fingerprint density at radius 3 is 2.50 bits per heavy atom. The number of hydrogen-bond donors (Lipinski definition) is 0. The zero-order chi connectivity index (χ0) is 19.7. The first-order chi connectivity index (χ1) is 13.5. The number of aryl methyl sites for hydroxylation is 2. The van der Waals surface area contributed by atoms with Gasteiger partial charge in [-0.1, -0.05) is 41.4 Å². The number of hydrogen-bond acceptors (Lipinski definition) is 5. The van der Waals surface area contributed by atoms with E-state index in [0.29, 0.717) is 36.0 Å². The molecule has 28 heavy (non-hydrogen) atoms. The van der Waals surface area contributed by atoms with Crippen LogP contribution in [0.3, 0.4) is 0 Å². The molecule has 3 aromatic rings. The average molecular weight is 416 g/mol. The molecule has 1 saturated heterocycles. The molecule has 8 heteroatoms.